The van der Waals surface area contributed by atoms with Crippen LogP contribution in [0.2, 0.25) is 0 Å². The third kappa shape index (κ3) is 6.60. The Bertz CT molecular complexity index is 478. The molecule has 1 aliphatic carbocycles. The van der Waals surface area contributed by atoms with Gasteiger partial charge in [-0.15, -0.1) is 24.8 Å². The zero-order valence-corrected chi connectivity index (χ0v) is 16.3. The molecule has 1 aromatic carbocycles. The summed E-state index contributed by atoms with van der Waals surface area (Å²) in [4.78, 5) is 14.6. The zero-order chi connectivity index (χ0) is 16.0. The molecule has 1 aromatic rings. The lowest BCUT2D eigenvalue weighted by Gasteiger charge is -2.33. The van der Waals surface area contributed by atoms with Crippen LogP contribution in [0.4, 0.5) is 0 Å². The first-order chi connectivity index (χ1) is 10.5. The van der Waals surface area contributed by atoms with Crippen LogP contribution in [-0.2, 0) is 11.3 Å². The number of rotatable bonds is 6. The molecule has 0 saturated heterocycles. The quantitative estimate of drug-likeness (QED) is 0.802. The van der Waals surface area contributed by atoms with Gasteiger partial charge in [-0.3, -0.25) is 9.69 Å². The number of nitrogens with zero attached hydrogens (tertiary/aromatic N) is 1. The number of halogens is 2. The van der Waals surface area contributed by atoms with Gasteiger partial charge in [-0.1, -0.05) is 49.6 Å². The first-order valence-corrected chi connectivity index (χ1v) is 8.32. The number of carbonyl (C=O) groups excluding carboxylic acids is 1. The van der Waals surface area contributed by atoms with Gasteiger partial charge in [0, 0.05) is 19.1 Å². The standard InChI is InChI=1S/C18H29N3O.2ClH/c1-15(21(2)14-16-9-5-3-6-10-16)13-20-17(22)18(19)11-7-4-8-12-18;;/h3,5-6,9-10,15H,4,7-8,11-14,19H2,1-2H3,(H,20,22);2*1H. The van der Waals surface area contributed by atoms with E-state index in [9.17, 15) is 4.79 Å². The molecule has 138 valence electrons. The van der Waals surface area contributed by atoms with Crippen LogP contribution in [0.5, 0.6) is 0 Å². The normalized spacial score (nSPS) is 17.3. The van der Waals surface area contributed by atoms with Gasteiger partial charge in [-0.2, -0.15) is 0 Å². The highest BCUT2D eigenvalue weighted by Gasteiger charge is 2.35. The van der Waals surface area contributed by atoms with Gasteiger partial charge in [0.15, 0.2) is 0 Å². The minimum atomic E-state index is -0.643. The van der Waals surface area contributed by atoms with Gasteiger partial charge in [-0.25, -0.2) is 0 Å². The lowest BCUT2D eigenvalue weighted by Crippen LogP contribution is -2.56. The Balaban J connectivity index is 0.00000264. The fourth-order valence-corrected chi connectivity index (χ4v) is 3.01. The third-order valence-electron chi connectivity index (χ3n) is 4.78. The number of likely N-dealkylation sites (N-methyl/N-ethyl adjacent to an activating group) is 1. The molecule has 0 aliphatic heterocycles. The monoisotopic (exact) mass is 375 g/mol. The summed E-state index contributed by atoms with van der Waals surface area (Å²) in [6, 6.07) is 10.7. The Kier molecular flexibility index (Phi) is 10.6. The maximum Gasteiger partial charge on any atom is 0.240 e. The average molecular weight is 376 g/mol. The summed E-state index contributed by atoms with van der Waals surface area (Å²) in [5.41, 5.74) is 6.90. The van der Waals surface area contributed by atoms with Crippen molar-refractivity contribution in [2.45, 2.75) is 57.2 Å². The third-order valence-corrected chi connectivity index (χ3v) is 4.78. The average Bonchev–Trinajstić information content (AvgIpc) is 2.53. The molecule has 1 saturated carbocycles. The number of benzene rings is 1. The van der Waals surface area contributed by atoms with Crippen molar-refractivity contribution in [3.05, 3.63) is 35.9 Å². The number of nitrogens with one attached hydrogen (secondary N) is 1. The molecular formula is C18H31Cl2N3O. The smallest absolute Gasteiger partial charge is 0.240 e. The van der Waals surface area contributed by atoms with Crippen LogP contribution in [0.1, 0.15) is 44.6 Å². The molecule has 3 N–H and O–H groups in total. The molecule has 1 unspecified atom stereocenters. The van der Waals surface area contributed by atoms with Gasteiger partial charge in [0.25, 0.3) is 0 Å². The maximum atomic E-state index is 12.4. The lowest BCUT2D eigenvalue weighted by atomic mass is 9.82. The Morgan fingerprint density at radius 2 is 1.79 bits per heavy atom. The van der Waals surface area contributed by atoms with Crippen LogP contribution in [0.25, 0.3) is 0 Å². The van der Waals surface area contributed by atoms with Crippen LogP contribution >= 0.6 is 24.8 Å². The Morgan fingerprint density at radius 3 is 2.38 bits per heavy atom. The van der Waals surface area contributed by atoms with Crippen molar-refractivity contribution in [3.8, 4) is 0 Å². The molecular weight excluding hydrogens is 345 g/mol. The summed E-state index contributed by atoms with van der Waals surface area (Å²) in [7, 11) is 2.09. The van der Waals surface area contributed by atoms with E-state index in [2.05, 4.69) is 48.5 Å². The topological polar surface area (TPSA) is 58.4 Å². The highest BCUT2D eigenvalue weighted by molar-refractivity contribution is 5.86. The second-order valence-electron chi connectivity index (χ2n) is 6.68. The maximum absolute atomic E-state index is 12.4. The van der Waals surface area contributed by atoms with E-state index >= 15 is 0 Å². The predicted molar refractivity (Wildman–Crippen MR) is 105 cm³/mol. The molecule has 0 heterocycles. The molecule has 1 atom stereocenters. The summed E-state index contributed by atoms with van der Waals surface area (Å²) in [5, 5.41) is 3.05. The summed E-state index contributed by atoms with van der Waals surface area (Å²) in [5.74, 6) is 0.0205. The Labute approximate surface area is 158 Å². The molecule has 1 fully saturated rings. The van der Waals surface area contributed by atoms with E-state index in [0.717, 1.165) is 32.2 Å². The van der Waals surface area contributed by atoms with E-state index in [1.165, 1.54) is 12.0 Å². The Hall–Kier alpha value is -0.810. The second kappa shape index (κ2) is 10.9. The SMILES string of the molecule is CC(CNC(=O)C1(N)CCCCC1)N(C)Cc1ccccc1.Cl.Cl. The highest BCUT2D eigenvalue weighted by Crippen LogP contribution is 2.25. The van der Waals surface area contributed by atoms with Crippen LogP contribution in [0.15, 0.2) is 30.3 Å². The number of carbonyl (C=O) groups is 1. The summed E-state index contributed by atoms with van der Waals surface area (Å²) >= 11 is 0. The molecule has 6 heteroatoms. The number of hydrogen-bond acceptors (Lipinski definition) is 3. The number of nitrogens with two attached hydrogens (primary N) is 1. The van der Waals surface area contributed by atoms with E-state index in [1.807, 2.05) is 6.07 Å². The number of hydrogen-bond donors (Lipinski definition) is 2. The summed E-state index contributed by atoms with van der Waals surface area (Å²) in [6.07, 6.45) is 4.95. The summed E-state index contributed by atoms with van der Waals surface area (Å²) < 4.78 is 0. The van der Waals surface area contributed by atoms with Gasteiger partial charge in [0.05, 0.1) is 5.54 Å². The second-order valence-corrected chi connectivity index (χ2v) is 6.68. The minimum absolute atomic E-state index is 0. The first-order valence-electron chi connectivity index (χ1n) is 8.32. The molecule has 0 spiro atoms. The van der Waals surface area contributed by atoms with Gasteiger partial charge < -0.3 is 11.1 Å². The fraction of sp³-hybridized carbons (Fsp3) is 0.611. The molecule has 2 rings (SSSR count). The van der Waals surface area contributed by atoms with Crippen LogP contribution < -0.4 is 11.1 Å². The minimum Gasteiger partial charge on any atom is -0.353 e. The zero-order valence-electron chi connectivity index (χ0n) is 14.7. The van der Waals surface area contributed by atoms with Crippen molar-refractivity contribution in [2.75, 3.05) is 13.6 Å². The van der Waals surface area contributed by atoms with E-state index in [4.69, 9.17) is 5.73 Å². The predicted octanol–water partition coefficient (Wildman–Crippen LogP) is 3.13. The van der Waals surface area contributed by atoms with Crippen molar-refractivity contribution in [1.82, 2.24) is 10.2 Å². The van der Waals surface area contributed by atoms with E-state index < -0.39 is 5.54 Å². The molecule has 1 aliphatic rings. The van der Waals surface area contributed by atoms with Crippen LogP contribution in [0, 0.1) is 0 Å². The molecule has 0 bridgehead atoms. The van der Waals surface area contributed by atoms with Gasteiger partial charge in [0.2, 0.25) is 5.91 Å². The molecule has 1 amide bonds. The van der Waals surface area contributed by atoms with Crippen molar-refractivity contribution < 1.29 is 4.79 Å². The lowest BCUT2D eigenvalue weighted by molar-refractivity contribution is -0.127. The van der Waals surface area contributed by atoms with E-state index in [-0.39, 0.29) is 36.8 Å². The molecule has 24 heavy (non-hydrogen) atoms. The van der Waals surface area contributed by atoms with Gasteiger partial charge in [0.1, 0.15) is 0 Å². The highest BCUT2D eigenvalue weighted by atomic mass is 35.5. The van der Waals surface area contributed by atoms with E-state index in [0.29, 0.717) is 6.54 Å². The fourth-order valence-electron chi connectivity index (χ4n) is 3.01. The van der Waals surface area contributed by atoms with Gasteiger partial charge in [-0.05, 0) is 32.4 Å². The Morgan fingerprint density at radius 1 is 1.21 bits per heavy atom. The van der Waals surface area contributed by atoms with E-state index in [1.54, 1.807) is 0 Å². The van der Waals surface area contributed by atoms with Crippen molar-refractivity contribution in [1.29, 1.82) is 0 Å². The first kappa shape index (κ1) is 23.2. The van der Waals surface area contributed by atoms with Crippen LogP contribution in [0.3, 0.4) is 0 Å². The number of amides is 1. The van der Waals surface area contributed by atoms with Crippen molar-refractivity contribution >= 4 is 30.7 Å². The van der Waals surface area contributed by atoms with Gasteiger partial charge >= 0.3 is 0 Å². The molecule has 0 aromatic heterocycles. The molecule has 4 nitrogen and oxygen atoms in total. The molecule has 0 radical (unpaired) electrons. The summed E-state index contributed by atoms with van der Waals surface area (Å²) in [6.45, 7) is 3.65. The van der Waals surface area contributed by atoms with Crippen molar-refractivity contribution in [2.24, 2.45) is 5.73 Å². The largest absolute Gasteiger partial charge is 0.353 e. The van der Waals surface area contributed by atoms with Crippen LogP contribution in [-0.4, -0.2) is 36.0 Å². The van der Waals surface area contributed by atoms with Crippen molar-refractivity contribution in [3.63, 3.8) is 0 Å².